The van der Waals surface area contributed by atoms with Gasteiger partial charge in [-0.2, -0.15) is 0 Å². The van der Waals surface area contributed by atoms with Crippen molar-refractivity contribution < 1.29 is 8.42 Å². The first kappa shape index (κ1) is 16.5. The molecule has 19 heavy (non-hydrogen) atoms. The summed E-state index contributed by atoms with van der Waals surface area (Å²) >= 11 is 1.77. The molecule has 0 fully saturated rings. The van der Waals surface area contributed by atoms with Gasteiger partial charge in [-0.1, -0.05) is 13.8 Å². The van der Waals surface area contributed by atoms with Gasteiger partial charge in [0.1, 0.15) is 0 Å². The van der Waals surface area contributed by atoms with E-state index in [0.29, 0.717) is 10.9 Å². The van der Waals surface area contributed by atoms with E-state index in [0.717, 1.165) is 30.0 Å². The molecule has 1 rings (SSSR count). The van der Waals surface area contributed by atoms with Crippen LogP contribution in [0.15, 0.2) is 34.1 Å². The Hall–Kier alpha value is -0.520. The fourth-order valence-electron chi connectivity index (χ4n) is 1.65. The minimum atomic E-state index is -3.09. The van der Waals surface area contributed by atoms with E-state index in [9.17, 15) is 8.42 Å². The summed E-state index contributed by atoms with van der Waals surface area (Å²) in [7, 11) is -3.09. The van der Waals surface area contributed by atoms with Crippen LogP contribution in [-0.4, -0.2) is 33.0 Å². The maximum atomic E-state index is 11.4. The van der Waals surface area contributed by atoms with Crippen LogP contribution in [0.2, 0.25) is 0 Å². The molecule has 0 spiro atoms. The molecule has 1 aromatic carbocycles. The molecule has 1 aromatic rings. The van der Waals surface area contributed by atoms with Crippen molar-refractivity contribution >= 4 is 21.6 Å². The highest BCUT2D eigenvalue weighted by Crippen LogP contribution is 2.21. The number of sulfone groups is 1. The summed E-state index contributed by atoms with van der Waals surface area (Å²) < 4.78 is 22.7. The lowest BCUT2D eigenvalue weighted by Gasteiger charge is -2.16. The van der Waals surface area contributed by atoms with Crippen LogP contribution in [0.25, 0.3) is 0 Å². The van der Waals surface area contributed by atoms with Gasteiger partial charge in [-0.05, 0) is 43.7 Å². The highest BCUT2D eigenvalue weighted by molar-refractivity contribution is 7.99. The third-order valence-electron chi connectivity index (χ3n) is 2.88. The Kier molecular flexibility index (Phi) is 6.89. The molecule has 0 amide bonds. The molecule has 5 heteroatoms. The van der Waals surface area contributed by atoms with E-state index < -0.39 is 9.84 Å². The van der Waals surface area contributed by atoms with Gasteiger partial charge >= 0.3 is 0 Å². The normalized spacial score (nSPS) is 13.4. The van der Waals surface area contributed by atoms with Crippen LogP contribution in [0.1, 0.15) is 26.7 Å². The zero-order valence-corrected chi connectivity index (χ0v) is 13.5. The van der Waals surface area contributed by atoms with Crippen molar-refractivity contribution in [2.75, 3.05) is 18.6 Å². The number of hydrogen-bond donors (Lipinski definition) is 1. The molecule has 1 atom stereocenters. The highest BCUT2D eigenvalue weighted by Gasteiger charge is 2.08. The average molecular weight is 301 g/mol. The smallest absolute Gasteiger partial charge is 0.175 e. The van der Waals surface area contributed by atoms with Crippen molar-refractivity contribution in [3.8, 4) is 0 Å². The molecule has 0 aliphatic heterocycles. The Labute approximate surface area is 121 Å². The van der Waals surface area contributed by atoms with Crippen molar-refractivity contribution in [3.63, 3.8) is 0 Å². The number of hydrogen-bond acceptors (Lipinski definition) is 4. The van der Waals surface area contributed by atoms with Crippen LogP contribution < -0.4 is 5.32 Å². The molecule has 0 radical (unpaired) electrons. The molecule has 0 aliphatic rings. The van der Waals surface area contributed by atoms with E-state index in [-0.39, 0.29) is 0 Å². The molecular formula is C14H23NO2S2. The largest absolute Gasteiger partial charge is 0.313 e. The van der Waals surface area contributed by atoms with Gasteiger partial charge in [-0.25, -0.2) is 8.42 Å². The third kappa shape index (κ3) is 5.97. The van der Waals surface area contributed by atoms with Crippen molar-refractivity contribution in [1.82, 2.24) is 5.32 Å². The predicted octanol–water partition coefficient (Wildman–Crippen LogP) is 2.96. The third-order valence-corrected chi connectivity index (χ3v) is 5.18. The molecule has 0 bridgehead atoms. The van der Waals surface area contributed by atoms with Crippen LogP contribution in [-0.2, 0) is 9.84 Å². The van der Waals surface area contributed by atoms with Crippen LogP contribution >= 0.6 is 11.8 Å². The molecule has 0 heterocycles. The van der Waals surface area contributed by atoms with Crippen LogP contribution in [0.4, 0.5) is 0 Å². The molecule has 0 aliphatic carbocycles. The molecule has 108 valence electrons. The van der Waals surface area contributed by atoms with Gasteiger partial charge in [-0.3, -0.25) is 0 Å². The standard InChI is InChI=1S/C14H23NO2S2/c1-4-10-15-12(5-2)11-18-13-6-8-14(9-7-13)19(3,16)17/h6-9,12,15H,4-5,10-11H2,1-3H3. The minimum absolute atomic E-state index is 0.382. The van der Waals surface area contributed by atoms with Gasteiger partial charge < -0.3 is 5.32 Å². The second-order valence-corrected chi connectivity index (χ2v) is 7.72. The second kappa shape index (κ2) is 7.92. The lowest BCUT2D eigenvalue weighted by atomic mass is 10.2. The van der Waals surface area contributed by atoms with Crippen LogP contribution in [0, 0.1) is 0 Å². The molecule has 0 saturated carbocycles. The fourth-order valence-corrected chi connectivity index (χ4v) is 3.36. The minimum Gasteiger partial charge on any atom is -0.313 e. The summed E-state index contributed by atoms with van der Waals surface area (Å²) in [5.74, 6) is 1.01. The lowest BCUT2D eigenvalue weighted by Crippen LogP contribution is -2.31. The number of nitrogens with one attached hydrogen (secondary N) is 1. The molecule has 1 N–H and O–H groups in total. The SMILES string of the molecule is CCCNC(CC)CSc1ccc(S(C)(=O)=O)cc1. The van der Waals surface area contributed by atoms with E-state index in [1.165, 1.54) is 6.26 Å². The van der Waals surface area contributed by atoms with Gasteiger partial charge in [0.15, 0.2) is 9.84 Å². The number of rotatable bonds is 8. The highest BCUT2D eigenvalue weighted by atomic mass is 32.2. The first-order chi connectivity index (χ1) is 8.97. The Morgan fingerprint density at radius 3 is 2.32 bits per heavy atom. The van der Waals surface area contributed by atoms with Gasteiger partial charge in [0, 0.05) is 22.9 Å². The zero-order chi connectivity index (χ0) is 14.3. The molecule has 0 saturated heterocycles. The van der Waals surface area contributed by atoms with Crippen molar-refractivity contribution in [3.05, 3.63) is 24.3 Å². The van der Waals surface area contributed by atoms with E-state index in [2.05, 4.69) is 19.2 Å². The molecule has 1 unspecified atom stereocenters. The average Bonchev–Trinajstić information content (AvgIpc) is 2.38. The first-order valence-electron chi connectivity index (χ1n) is 6.63. The zero-order valence-electron chi connectivity index (χ0n) is 11.8. The summed E-state index contributed by atoms with van der Waals surface area (Å²) in [5.41, 5.74) is 0. The maximum Gasteiger partial charge on any atom is 0.175 e. The molecular weight excluding hydrogens is 278 g/mol. The summed E-state index contributed by atoms with van der Waals surface area (Å²) in [4.78, 5) is 1.50. The van der Waals surface area contributed by atoms with E-state index in [1.54, 1.807) is 23.9 Å². The van der Waals surface area contributed by atoms with Crippen molar-refractivity contribution in [2.45, 2.75) is 42.5 Å². The monoisotopic (exact) mass is 301 g/mol. The Morgan fingerprint density at radius 2 is 1.84 bits per heavy atom. The van der Waals surface area contributed by atoms with Gasteiger partial charge in [-0.15, -0.1) is 11.8 Å². The van der Waals surface area contributed by atoms with E-state index in [4.69, 9.17) is 0 Å². The van der Waals surface area contributed by atoms with Crippen molar-refractivity contribution in [1.29, 1.82) is 0 Å². The Morgan fingerprint density at radius 1 is 1.21 bits per heavy atom. The molecule has 0 aromatic heterocycles. The lowest BCUT2D eigenvalue weighted by molar-refractivity contribution is 0.539. The van der Waals surface area contributed by atoms with Gasteiger partial charge in [0.05, 0.1) is 4.90 Å². The van der Waals surface area contributed by atoms with E-state index in [1.807, 2.05) is 12.1 Å². The van der Waals surface area contributed by atoms with Crippen molar-refractivity contribution in [2.24, 2.45) is 0 Å². The number of benzene rings is 1. The Bertz CT molecular complexity index is 469. The summed E-state index contributed by atoms with van der Waals surface area (Å²) in [6.07, 6.45) is 3.48. The predicted molar refractivity (Wildman–Crippen MR) is 82.6 cm³/mol. The summed E-state index contributed by atoms with van der Waals surface area (Å²) in [6, 6.07) is 7.64. The van der Waals surface area contributed by atoms with Gasteiger partial charge in [0.2, 0.25) is 0 Å². The van der Waals surface area contributed by atoms with Crippen LogP contribution in [0.5, 0.6) is 0 Å². The van der Waals surface area contributed by atoms with E-state index >= 15 is 0 Å². The number of thioether (sulfide) groups is 1. The van der Waals surface area contributed by atoms with Gasteiger partial charge in [0.25, 0.3) is 0 Å². The summed E-state index contributed by atoms with van der Waals surface area (Å²) in [5, 5.41) is 3.51. The first-order valence-corrected chi connectivity index (χ1v) is 9.51. The summed E-state index contributed by atoms with van der Waals surface area (Å²) in [6.45, 7) is 5.39. The Balaban J connectivity index is 2.53. The molecule has 3 nitrogen and oxygen atoms in total. The second-order valence-electron chi connectivity index (χ2n) is 4.61. The topological polar surface area (TPSA) is 46.2 Å². The van der Waals surface area contributed by atoms with Crippen LogP contribution in [0.3, 0.4) is 0 Å². The fraction of sp³-hybridized carbons (Fsp3) is 0.571. The quantitative estimate of drug-likeness (QED) is 0.750. The maximum absolute atomic E-state index is 11.4.